The summed E-state index contributed by atoms with van der Waals surface area (Å²) in [6.45, 7) is 0. The number of carboxylic acid groups (broad SMARTS) is 1. The van der Waals surface area contributed by atoms with Gasteiger partial charge in [-0.25, -0.2) is 0 Å². The molecule has 2 bridgehead atoms. The van der Waals surface area contributed by atoms with Gasteiger partial charge in [0.25, 0.3) is 0 Å². The summed E-state index contributed by atoms with van der Waals surface area (Å²) in [6.07, 6.45) is 6.24. The predicted octanol–water partition coefficient (Wildman–Crippen LogP) is 1.82. The number of carbonyl (C=O) groups is 1. The van der Waals surface area contributed by atoms with E-state index in [0.717, 1.165) is 30.2 Å². The summed E-state index contributed by atoms with van der Waals surface area (Å²) in [4.78, 5) is 10.8. The van der Waals surface area contributed by atoms with Crippen LogP contribution in [0.4, 0.5) is 0 Å². The second-order valence-corrected chi connectivity index (χ2v) is 6.79. The van der Waals surface area contributed by atoms with Crippen molar-refractivity contribution < 1.29 is 14.6 Å². The van der Waals surface area contributed by atoms with E-state index < -0.39 is 5.97 Å². The Hall–Kier alpha value is -1.08. The molecule has 4 rings (SSSR count). The third-order valence-electron chi connectivity index (χ3n) is 4.36. The molecule has 2 aliphatic heterocycles. The molecule has 0 radical (unpaired) electrons. The van der Waals surface area contributed by atoms with Gasteiger partial charge in [-0.15, -0.1) is 10.2 Å². The van der Waals surface area contributed by atoms with Crippen LogP contribution in [0.3, 0.4) is 0 Å². The smallest absolute Gasteiger partial charge is 0.313 e. The predicted molar refractivity (Wildman–Crippen MR) is 71.9 cm³/mol. The fourth-order valence-electron chi connectivity index (χ4n) is 3.33. The van der Waals surface area contributed by atoms with E-state index in [0.29, 0.717) is 18.1 Å². The molecule has 1 aromatic rings. The van der Waals surface area contributed by atoms with Crippen LogP contribution in [0, 0.1) is 0 Å². The Bertz CT molecular complexity index is 543. The third kappa shape index (κ3) is 2.13. The standard InChI is InChI=1S/C13H17N3O3S/c17-11(18)6-20-13-15-14-12(7-1-2-7)16(13)9-5-8-3-4-10(9)19-8/h7-10H,1-6H2,(H,17,18). The first-order valence-electron chi connectivity index (χ1n) is 7.17. The zero-order chi connectivity index (χ0) is 13.7. The molecule has 0 spiro atoms. The summed E-state index contributed by atoms with van der Waals surface area (Å²) in [5, 5.41) is 18.2. The molecule has 3 heterocycles. The highest BCUT2D eigenvalue weighted by Crippen LogP contribution is 2.47. The van der Waals surface area contributed by atoms with E-state index in [4.69, 9.17) is 9.84 Å². The summed E-state index contributed by atoms with van der Waals surface area (Å²) < 4.78 is 8.13. The Balaban J connectivity index is 1.64. The zero-order valence-electron chi connectivity index (χ0n) is 11.1. The Labute approximate surface area is 120 Å². The number of ether oxygens (including phenoxy) is 1. The summed E-state index contributed by atoms with van der Waals surface area (Å²) in [6, 6.07) is 0.302. The highest BCUT2D eigenvalue weighted by molar-refractivity contribution is 7.99. The van der Waals surface area contributed by atoms with Gasteiger partial charge in [0.1, 0.15) is 5.82 Å². The Morgan fingerprint density at radius 3 is 2.80 bits per heavy atom. The number of aromatic nitrogens is 3. The van der Waals surface area contributed by atoms with Gasteiger partial charge in [0.15, 0.2) is 5.16 Å². The maximum absolute atomic E-state index is 10.8. The molecule has 0 amide bonds. The van der Waals surface area contributed by atoms with Crippen molar-refractivity contribution >= 4 is 17.7 Å². The quantitative estimate of drug-likeness (QED) is 0.835. The van der Waals surface area contributed by atoms with Crippen molar-refractivity contribution in [3.05, 3.63) is 5.82 Å². The Morgan fingerprint density at radius 2 is 2.20 bits per heavy atom. The molecular weight excluding hydrogens is 278 g/mol. The van der Waals surface area contributed by atoms with E-state index >= 15 is 0 Å². The van der Waals surface area contributed by atoms with Gasteiger partial charge in [0.05, 0.1) is 24.0 Å². The zero-order valence-corrected chi connectivity index (χ0v) is 11.9. The summed E-state index contributed by atoms with van der Waals surface area (Å²) in [5.41, 5.74) is 0. The lowest BCUT2D eigenvalue weighted by Gasteiger charge is -2.23. The minimum Gasteiger partial charge on any atom is -0.481 e. The maximum atomic E-state index is 10.8. The van der Waals surface area contributed by atoms with Gasteiger partial charge in [-0.05, 0) is 32.1 Å². The molecule has 7 heteroatoms. The fraction of sp³-hybridized carbons (Fsp3) is 0.769. The number of fused-ring (bicyclic) bond motifs is 2. The van der Waals surface area contributed by atoms with E-state index in [1.807, 2.05) is 0 Å². The minimum absolute atomic E-state index is 0.0322. The van der Waals surface area contributed by atoms with Crippen molar-refractivity contribution in [3.8, 4) is 0 Å². The van der Waals surface area contributed by atoms with Crippen molar-refractivity contribution in [2.75, 3.05) is 5.75 Å². The Kier molecular flexibility index (Phi) is 2.99. The van der Waals surface area contributed by atoms with Gasteiger partial charge in [-0.2, -0.15) is 0 Å². The lowest BCUT2D eigenvalue weighted by Crippen LogP contribution is -2.23. The van der Waals surface area contributed by atoms with E-state index in [1.54, 1.807) is 0 Å². The van der Waals surface area contributed by atoms with Crippen LogP contribution in [-0.2, 0) is 9.53 Å². The molecule has 2 saturated heterocycles. The van der Waals surface area contributed by atoms with Gasteiger partial charge in [0, 0.05) is 5.92 Å². The average molecular weight is 295 g/mol. The SMILES string of the molecule is O=C(O)CSc1nnc(C2CC2)n1C1CC2CCC1O2. The number of nitrogens with zero attached hydrogens (tertiary/aromatic N) is 3. The van der Waals surface area contributed by atoms with Gasteiger partial charge in [-0.1, -0.05) is 11.8 Å². The Morgan fingerprint density at radius 1 is 1.35 bits per heavy atom. The molecule has 108 valence electrons. The van der Waals surface area contributed by atoms with Gasteiger partial charge < -0.3 is 9.84 Å². The highest BCUT2D eigenvalue weighted by Gasteiger charge is 2.45. The van der Waals surface area contributed by atoms with Crippen LogP contribution in [0.2, 0.25) is 0 Å². The van der Waals surface area contributed by atoms with E-state index in [-0.39, 0.29) is 11.9 Å². The molecule has 0 aromatic carbocycles. The summed E-state index contributed by atoms with van der Waals surface area (Å²) in [7, 11) is 0. The number of carboxylic acids is 1. The number of hydrogen-bond acceptors (Lipinski definition) is 5. The molecule has 1 N–H and O–H groups in total. The van der Waals surface area contributed by atoms with Crippen molar-refractivity contribution in [1.29, 1.82) is 0 Å². The third-order valence-corrected chi connectivity index (χ3v) is 5.29. The normalized spacial score (nSPS) is 31.9. The van der Waals surface area contributed by atoms with Crippen LogP contribution >= 0.6 is 11.8 Å². The molecule has 6 nitrogen and oxygen atoms in total. The van der Waals surface area contributed by atoms with Crippen molar-refractivity contribution in [2.24, 2.45) is 0 Å². The molecule has 3 unspecified atom stereocenters. The number of hydrogen-bond donors (Lipinski definition) is 1. The number of rotatable bonds is 5. The second kappa shape index (κ2) is 4.73. The summed E-state index contributed by atoms with van der Waals surface area (Å²) in [5.74, 6) is 0.770. The first-order valence-corrected chi connectivity index (χ1v) is 8.16. The minimum atomic E-state index is -0.818. The second-order valence-electron chi connectivity index (χ2n) is 5.84. The molecule has 20 heavy (non-hydrogen) atoms. The van der Waals surface area contributed by atoms with Crippen LogP contribution in [0.5, 0.6) is 0 Å². The van der Waals surface area contributed by atoms with Crippen molar-refractivity contribution in [3.63, 3.8) is 0 Å². The lowest BCUT2D eigenvalue weighted by molar-refractivity contribution is -0.133. The maximum Gasteiger partial charge on any atom is 0.313 e. The number of aliphatic carboxylic acids is 1. The topological polar surface area (TPSA) is 77.2 Å². The first kappa shape index (κ1) is 12.6. The fourth-order valence-corrected chi connectivity index (χ4v) is 4.05. The van der Waals surface area contributed by atoms with Gasteiger partial charge >= 0.3 is 5.97 Å². The van der Waals surface area contributed by atoms with Crippen molar-refractivity contribution in [2.45, 2.75) is 61.4 Å². The van der Waals surface area contributed by atoms with Crippen molar-refractivity contribution in [1.82, 2.24) is 14.8 Å². The molecule has 1 aliphatic carbocycles. The molecule has 3 atom stereocenters. The van der Waals surface area contributed by atoms with Gasteiger partial charge in [0.2, 0.25) is 0 Å². The molecular formula is C13H17N3O3S. The van der Waals surface area contributed by atoms with Crippen LogP contribution in [0.1, 0.15) is 49.9 Å². The van der Waals surface area contributed by atoms with Gasteiger partial charge in [-0.3, -0.25) is 9.36 Å². The lowest BCUT2D eigenvalue weighted by atomic mass is 9.95. The average Bonchev–Trinajstić information content (AvgIpc) is 2.88. The van der Waals surface area contributed by atoms with Crippen LogP contribution in [0.15, 0.2) is 5.16 Å². The van der Waals surface area contributed by atoms with Crippen LogP contribution < -0.4 is 0 Å². The summed E-state index contributed by atoms with van der Waals surface area (Å²) >= 11 is 1.27. The van der Waals surface area contributed by atoms with Crippen LogP contribution in [0.25, 0.3) is 0 Å². The molecule has 1 aromatic heterocycles. The first-order chi connectivity index (χ1) is 9.72. The van der Waals surface area contributed by atoms with E-state index in [9.17, 15) is 4.79 Å². The monoisotopic (exact) mass is 295 g/mol. The molecule has 3 aliphatic rings. The number of thioether (sulfide) groups is 1. The molecule has 1 saturated carbocycles. The largest absolute Gasteiger partial charge is 0.481 e. The molecule has 3 fully saturated rings. The highest BCUT2D eigenvalue weighted by atomic mass is 32.2. The van der Waals surface area contributed by atoms with E-state index in [2.05, 4.69) is 14.8 Å². The van der Waals surface area contributed by atoms with Crippen LogP contribution in [-0.4, -0.2) is 43.8 Å². The van der Waals surface area contributed by atoms with E-state index in [1.165, 1.54) is 24.6 Å².